The minimum Gasteiger partial charge on any atom is -0.330 e. The van der Waals surface area contributed by atoms with Crippen LogP contribution in [-0.4, -0.2) is 24.5 Å². The van der Waals surface area contributed by atoms with Gasteiger partial charge in [0.2, 0.25) is 0 Å². The maximum atomic E-state index is 6.23. The molecule has 0 saturated carbocycles. The van der Waals surface area contributed by atoms with E-state index in [0.29, 0.717) is 12.0 Å². The van der Waals surface area contributed by atoms with Crippen LogP contribution in [0.25, 0.3) is 0 Å². The maximum Gasteiger partial charge on any atom is 0.0454 e. The summed E-state index contributed by atoms with van der Waals surface area (Å²) >= 11 is 12.3. The van der Waals surface area contributed by atoms with Gasteiger partial charge in [0.25, 0.3) is 0 Å². The van der Waals surface area contributed by atoms with E-state index in [2.05, 4.69) is 11.8 Å². The van der Waals surface area contributed by atoms with Crippen molar-refractivity contribution in [1.29, 1.82) is 0 Å². The van der Waals surface area contributed by atoms with Crippen molar-refractivity contribution in [1.82, 2.24) is 4.90 Å². The van der Waals surface area contributed by atoms with Gasteiger partial charge in [-0.1, -0.05) is 23.2 Å². The molecule has 2 nitrogen and oxygen atoms in total. The Kier molecular flexibility index (Phi) is 4.31. The van der Waals surface area contributed by atoms with E-state index in [4.69, 9.17) is 28.9 Å². The predicted octanol–water partition coefficient (Wildman–Crippen LogP) is 3.34. The molecule has 17 heavy (non-hydrogen) atoms. The standard InChI is InChI=1S/C13H18Cl2N2/c1-9(17-5-4-10(7-16)8-17)12-6-11(14)2-3-13(12)15/h2-3,6,9-10H,4-5,7-8,16H2,1H3. The Morgan fingerprint density at radius 2 is 2.24 bits per heavy atom. The van der Waals surface area contributed by atoms with Gasteiger partial charge in [0.1, 0.15) is 0 Å². The molecule has 1 aliphatic heterocycles. The van der Waals surface area contributed by atoms with Gasteiger partial charge in [0.15, 0.2) is 0 Å². The zero-order valence-corrected chi connectivity index (χ0v) is 11.5. The van der Waals surface area contributed by atoms with Gasteiger partial charge in [-0.05, 0) is 56.1 Å². The monoisotopic (exact) mass is 272 g/mol. The summed E-state index contributed by atoms with van der Waals surface area (Å²) in [4.78, 5) is 2.43. The molecule has 0 spiro atoms. The smallest absolute Gasteiger partial charge is 0.0454 e. The molecule has 1 saturated heterocycles. The molecule has 1 heterocycles. The molecule has 1 aliphatic rings. The summed E-state index contributed by atoms with van der Waals surface area (Å²) in [6.45, 7) is 5.09. The first kappa shape index (κ1) is 13.2. The maximum absolute atomic E-state index is 6.23. The van der Waals surface area contributed by atoms with Crippen LogP contribution in [0.15, 0.2) is 18.2 Å². The van der Waals surface area contributed by atoms with Crippen LogP contribution in [0, 0.1) is 5.92 Å². The lowest BCUT2D eigenvalue weighted by Gasteiger charge is -2.25. The Bertz CT molecular complexity index is 395. The normalized spacial score (nSPS) is 22.9. The average molecular weight is 273 g/mol. The summed E-state index contributed by atoms with van der Waals surface area (Å²) in [5.74, 6) is 0.621. The fourth-order valence-corrected chi connectivity index (χ4v) is 2.89. The third-order valence-electron chi connectivity index (χ3n) is 3.61. The number of hydrogen-bond donors (Lipinski definition) is 1. The summed E-state index contributed by atoms with van der Waals surface area (Å²) in [5.41, 5.74) is 6.82. The Balaban J connectivity index is 2.14. The van der Waals surface area contributed by atoms with E-state index in [9.17, 15) is 0 Å². The van der Waals surface area contributed by atoms with Crippen molar-refractivity contribution in [2.75, 3.05) is 19.6 Å². The van der Waals surface area contributed by atoms with E-state index in [1.807, 2.05) is 18.2 Å². The SMILES string of the molecule is CC(c1cc(Cl)ccc1Cl)N1CCC(CN)C1. The van der Waals surface area contributed by atoms with Gasteiger partial charge in [-0.15, -0.1) is 0 Å². The highest BCUT2D eigenvalue weighted by Gasteiger charge is 2.26. The Labute approximate surface area is 113 Å². The van der Waals surface area contributed by atoms with E-state index in [0.717, 1.165) is 35.2 Å². The first-order valence-corrected chi connectivity index (χ1v) is 6.76. The fourth-order valence-electron chi connectivity index (χ4n) is 2.44. The van der Waals surface area contributed by atoms with Crippen molar-refractivity contribution in [2.45, 2.75) is 19.4 Å². The number of nitrogens with two attached hydrogens (primary N) is 1. The predicted molar refractivity (Wildman–Crippen MR) is 73.6 cm³/mol. The molecule has 0 aliphatic carbocycles. The number of likely N-dealkylation sites (tertiary alicyclic amines) is 1. The second-order valence-corrected chi connectivity index (χ2v) is 5.57. The Morgan fingerprint density at radius 3 is 2.88 bits per heavy atom. The highest BCUT2D eigenvalue weighted by atomic mass is 35.5. The molecular weight excluding hydrogens is 255 g/mol. The topological polar surface area (TPSA) is 29.3 Å². The number of nitrogens with zero attached hydrogens (tertiary/aromatic N) is 1. The minimum atomic E-state index is 0.303. The largest absolute Gasteiger partial charge is 0.330 e. The van der Waals surface area contributed by atoms with Crippen LogP contribution >= 0.6 is 23.2 Å². The van der Waals surface area contributed by atoms with Crippen molar-refractivity contribution >= 4 is 23.2 Å². The van der Waals surface area contributed by atoms with Crippen LogP contribution in [0.3, 0.4) is 0 Å². The molecule has 0 amide bonds. The lowest BCUT2D eigenvalue weighted by Crippen LogP contribution is -2.26. The molecule has 2 unspecified atom stereocenters. The van der Waals surface area contributed by atoms with Crippen LogP contribution in [0.1, 0.15) is 24.9 Å². The van der Waals surface area contributed by atoms with Crippen molar-refractivity contribution < 1.29 is 0 Å². The molecule has 0 aromatic heterocycles. The van der Waals surface area contributed by atoms with E-state index in [1.165, 1.54) is 6.42 Å². The zero-order chi connectivity index (χ0) is 12.4. The molecule has 2 rings (SSSR count). The van der Waals surface area contributed by atoms with Crippen LogP contribution in [0.2, 0.25) is 10.0 Å². The highest BCUT2D eigenvalue weighted by Crippen LogP contribution is 2.32. The highest BCUT2D eigenvalue weighted by molar-refractivity contribution is 6.33. The molecule has 4 heteroatoms. The van der Waals surface area contributed by atoms with E-state index >= 15 is 0 Å². The molecule has 0 bridgehead atoms. The first-order valence-electron chi connectivity index (χ1n) is 6.01. The number of rotatable bonds is 3. The lowest BCUT2D eigenvalue weighted by molar-refractivity contribution is 0.253. The van der Waals surface area contributed by atoms with Crippen LogP contribution in [0.4, 0.5) is 0 Å². The van der Waals surface area contributed by atoms with Crippen molar-refractivity contribution in [2.24, 2.45) is 11.7 Å². The second kappa shape index (κ2) is 5.57. The minimum absolute atomic E-state index is 0.303. The van der Waals surface area contributed by atoms with Crippen LogP contribution < -0.4 is 5.73 Å². The summed E-state index contributed by atoms with van der Waals surface area (Å²) in [5, 5.41) is 1.53. The lowest BCUT2D eigenvalue weighted by atomic mass is 10.1. The van der Waals surface area contributed by atoms with Gasteiger partial charge < -0.3 is 5.73 Å². The van der Waals surface area contributed by atoms with Gasteiger partial charge >= 0.3 is 0 Å². The average Bonchev–Trinajstić information content (AvgIpc) is 2.80. The van der Waals surface area contributed by atoms with Gasteiger partial charge in [0.05, 0.1) is 0 Å². The molecule has 0 radical (unpaired) electrons. The van der Waals surface area contributed by atoms with Gasteiger partial charge in [0, 0.05) is 22.6 Å². The van der Waals surface area contributed by atoms with E-state index in [-0.39, 0.29) is 0 Å². The third kappa shape index (κ3) is 2.94. The third-order valence-corrected chi connectivity index (χ3v) is 4.19. The van der Waals surface area contributed by atoms with Crippen molar-refractivity contribution in [3.63, 3.8) is 0 Å². The Hall–Kier alpha value is -0.280. The van der Waals surface area contributed by atoms with E-state index < -0.39 is 0 Å². The molecule has 1 aromatic carbocycles. The fraction of sp³-hybridized carbons (Fsp3) is 0.538. The second-order valence-electron chi connectivity index (χ2n) is 4.73. The number of hydrogen-bond acceptors (Lipinski definition) is 2. The molecule has 2 atom stereocenters. The summed E-state index contributed by atoms with van der Waals surface area (Å²) in [6, 6.07) is 5.96. The van der Waals surface area contributed by atoms with Crippen LogP contribution in [0.5, 0.6) is 0 Å². The summed E-state index contributed by atoms with van der Waals surface area (Å²) in [6.07, 6.45) is 1.18. The molecule has 94 valence electrons. The quantitative estimate of drug-likeness (QED) is 0.915. The molecule has 2 N–H and O–H groups in total. The van der Waals surface area contributed by atoms with Gasteiger partial charge in [-0.25, -0.2) is 0 Å². The summed E-state index contributed by atoms with van der Waals surface area (Å²) in [7, 11) is 0. The first-order chi connectivity index (χ1) is 8.11. The van der Waals surface area contributed by atoms with Crippen LogP contribution in [-0.2, 0) is 0 Å². The van der Waals surface area contributed by atoms with Crippen molar-refractivity contribution in [3.8, 4) is 0 Å². The Morgan fingerprint density at radius 1 is 1.47 bits per heavy atom. The number of halogens is 2. The van der Waals surface area contributed by atoms with Gasteiger partial charge in [-0.3, -0.25) is 4.90 Å². The summed E-state index contributed by atoms with van der Waals surface area (Å²) < 4.78 is 0. The molecule has 1 fully saturated rings. The molecule has 1 aromatic rings. The van der Waals surface area contributed by atoms with Crippen molar-refractivity contribution in [3.05, 3.63) is 33.8 Å². The number of benzene rings is 1. The van der Waals surface area contributed by atoms with Gasteiger partial charge in [-0.2, -0.15) is 0 Å². The van der Waals surface area contributed by atoms with E-state index in [1.54, 1.807) is 0 Å². The zero-order valence-electron chi connectivity index (χ0n) is 10.00. The molecular formula is C13H18Cl2N2.